The van der Waals surface area contributed by atoms with E-state index >= 15 is 0 Å². The SMILES string of the molecule is CCC(c1ccccc1)[SiH](OC(C)=O)OC(C)=O. The van der Waals surface area contributed by atoms with Crippen molar-refractivity contribution in [2.45, 2.75) is 32.7 Å². The summed E-state index contributed by atoms with van der Waals surface area (Å²) in [5.74, 6) is -0.801. The van der Waals surface area contributed by atoms with Crippen molar-refractivity contribution < 1.29 is 18.4 Å². The van der Waals surface area contributed by atoms with E-state index in [0.717, 1.165) is 12.0 Å². The molecule has 1 aromatic carbocycles. The van der Waals surface area contributed by atoms with Crippen LogP contribution in [0.15, 0.2) is 30.3 Å². The van der Waals surface area contributed by atoms with Crippen LogP contribution in [0.4, 0.5) is 0 Å². The van der Waals surface area contributed by atoms with Gasteiger partial charge in [0, 0.05) is 19.4 Å². The monoisotopic (exact) mass is 266 g/mol. The summed E-state index contributed by atoms with van der Waals surface area (Å²) in [6.45, 7) is 4.66. The van der Waals surface area contributed by atoms with Gasteiger partial charge in [-0.1, -0.05) is 37.3 Å². The summed E-state index contributed by atoms with van der Waals surface area (Å²) >= 11 is 0. The minimum Gasteiger partial charge on any atom is -0.487 e. The molecule has 0 aliphatic carbocycles. The van der Waals surface area contributed by atoms with Crippen molar-refractivity contribution in [3.8, 4) is 0 Å². The molecule has 1 atom stereocenters. The standard InChI is InChI=1S/C13H18O4Si/c1-4-13(12-8-6-5-7-9-12)18(16-10(2)14)17-11(3)15/h5-9,13,18H,4H2,1-3H3. The van der Waals surface area contributed by atoms with Gasteiger partial charge < -0.3 is 8.85 Å². The molecule has 0 saturated carbocycles. The molecule has 18 heavy (non-hydrogen) atoms. The van der Waals surface area contributed by atoms with Crippen LogP contribution in [0.1, 0.15) is 38.3 Å². The number of rotatable bonds is 5. The largest absolute Gasteiger partial charge is 0.487 e. The lowest BCUT2D eigenvalue weighted by Crippen LogP contribution is -2.34. The first-order valence-corrected chi connectivity index (χ1v) is 7.55. The summed E-state index contributed by atoms with van der Waals surface area (Å²) in [7, 11) is -2.39. The third-order valence-electron chi connectivity index (χ3n) is 2.56. The lowest BCUT2D eigenvalue weighted by atomic mass is 10.1. The summed E-state index contributed by atoms with van der Waals surface area (Å²) in [6, 6.07) is 9.68. The molecular formula is C13H18O4Si. The van der Waals surface area contributed by atoms with Gasteiger partial charge in [-0.3, -0.25) is 9.59 Å². The molecule has 0 fully saturated rings. The minimum absolute atomic E-state index is 0.0148. The fourth-order valence-corrected chi connectivity index (χ4v) is 3.75. The van der Waals surface area contributed by atoms with Gasteiger partial charge in [-0.2, -0.15) is 0 Å². The Morgan fingerprint density at radius 3 is 2.00 bits per heavy atom. The van der Waals surface area contributed by atoms with Gasteiger partial charge in [0.25, 0.3) is 11.9 Å². The molecule has 0 heterocycles. The molecule has 0 aromatic heterocycles. The second-order valence-corrected chi connectivity index (χ2v) is 6.03. The van der Waals surface area contributed by atoms with Crippen LogP contribution >= 0.6 is 0 Å². The maximum atomic E-state index is 11.1. The van der Waals surface area contributed by atoms with Gasteiger partial charge in [-0.05, 0) is 12.0 Å². The molecule has 0 aliphatic rings. The van der Waals surface area contributed by atoms with Crippen molar-refractivity contribution >= 4 is 21.2 Å². The normalized spacial score (nSPS) is 12.0. The Kier molecular flexibility index (Phi) is 5.58. The fraction of sp³-hybridized carbons (Fsp3) is 0.385. The van der Waals surface area contributed by atoms with Crippen LogP contribution < -0.4 is 0 Å². The first kappa shape index (κ1) is 14.4. The van der Waals surface area contributed by atoms with Gasteiger partial charge in [0.2, 0.25) is 0 Å². The van der Waals surface area contributed by atoms with Crippen molar-refractivity contribution in [3.05, 3.63) is 35.9 Å². The minimum atomic E-state index is -2.39. The molecule has 0 amide bonds. The Morgan fingerprint density at radius 2 is 1.61 bits per heavy atom. The van der Waals surface area contributed by atoms with E-state index < -0.39 is 21.2 Å². The molecule has 0 bridgehead atoms. The van der Waals surface area contributed by atoms with Gasteiger partial charge in [-0.25, -0.2) is 0 Å². The fourth-order valence-electron chi connectivity index (χ4n) is 1.80. The molecule has 0 radical (unpaired) electrons. The van der Waals surface area contributed by atoms with Gasteiger partial charge in [-0.15, -0.1) is 0 Å². The number of carbonyl (C=O) groups is 2. The van der Waals surface area contributed by atoms with Crippen LogP contribution in [0.2, 0.25) is 0 Å². The van der Waals surface area contributed by atoms with Gasteiger partial charge in [0.1, 0.15) is 0 Å². The molecule has 1 rings (SSSR count). The van der Waals surface area contributed by atoms with E-state index in [0.29, 0.717) is 0 Å². The highest BCUT2D eigenvalue weighted by Crippen LogP contribution is 2.23. The molecule has 0 aliphatic heterocycles. The van der Waals surface area contributed by atoms with Crippen molar-refractivity contribution in [2.75, 3.05) is 0 Å². The van der Waals surface area contributed by atoms with Crippen LogP contribution in [0.5, 0.6) is 0 Å². The average molecular weight is 266 g/mol. The van der Waals surface area contributed by atoms with E-state index in [1.807, 2.05) is 37.3 Å². The summed E-state index contributed by atoms with van der Waals surface area (Å²) in [5.41, 5.74) is 1.03. The molecular weight excluding hydrogens is 248 g/mol. The predicted molar refractivity (Wildman–Crippen MR) is 70.2 cm³/mol. The van der Waals surface area contributed by atoms with Crippen molar-refractivity contribution in [1.82, 2.24) is 0 Å². The van der Waals surface area contributed by atoms with Crippen molar-refractivity contribution in [3.63, 3.8) is 0 Å². The Hall–Kier alpha value is -1.62. The number of hydrogen-bond acceptors (Lipinski definition) is 4. The highest BCUT2D eigenvalue weighted by molar-refractivity contribution is 6.50. The molecule has 0 N–H and O–H groups in total. The average Bonchev–Trinajstić information content (AvgIpc) is 2.29. The summed E-state index contributed by atoms with van der Waals surface area (Å²) in [5, 5.41) is 0. The Bertz CT molecular complexity index is 389. The summed E-state index contributed by atoms with van der Waals surface area (Å²) in [6.07, 6.45) is 0.765. The van der Waals surface area contributed by atoms with Crippen LogP contribution in [-0.4, -0.2) is 21.2 Å². The molecule has 98 valence electrons. The van der Waals surface area contributed by atoms with E-state index in [4.69, 9.17) is 8.85 Å². The van der Waals surface area contributed by atoms with E-state index in [-0.39, 0.29) is 5.54 Å². The molecule has 0 spiro atoms. The van der Waals surface area contributed by atoms with E-state index in [2.05, 4.69) is 0 Å². The maximum absolute atomic E-state index is 11.1. The molecule has 4 nitrogen and oxygen atoms in total. The van der Waals surface area contributed by atoms with Crippen LogP contribution in [0, 0.1) is 0 Å². The van der Waals surface area contributed by atoms with Crippen LogP contribution in [0.25, 0.3) is 0 Å². The number of benzene rings is 1. The first-order chi connectivity index (χ1) is 8.54. The zero-order valence-electron chi connectivity index (χ0n) is 10.9. The smallest absolute Gasteiger partial charge is 0.455 e. The third kappa shape index (κ3) is 4.33. The maximum Gasteiger partial charge on any atom is 0.455 e. The topological polar surface area (TPSA) is 52.6 Å². The molecule has 1 aromatic rings. The third-order valence-corrected chi connectivity index (χ3v) is 5.20. The number of hydrogen-bond donors (Lipinski definition) is 0. The van der Waals surface area contributed by atoms with E-state index in [1.165, 1.54) is 13.8 Å². The lowest BCUT2D eigenvalue weighted by molar-refractivity contribution is -0.137. The molecule has 0 saturated heterocycles. The lowest BCUT2D eigenvalue weighted by Gasteiger charge is -2.23. The van der Waals surface area contributed by atoms with Gasteiger partial charge >= 0.3 is 9.28 Å². The Morgan fingerprint density at radius 1 is 1.11 bits per heavy atom. The van der Waals surface area contributed by atoms with E-state index in [9.17, 15) is 9.59 Å². The molecule has 1 unspecified atom stereocenters. The van der Waals surface area contributed by atoms with Crippen molar-refractivity contribution in [1.29, 1.82) is 0 Å². The Balaban J connectivity index is 2.92. The second-order valence-electron chi connectivity index (χ2n) is 4.01. The van der Waals surface area contributed by atoms with Crippen molar-refractivity contribution in [2.24, 2.45) is 0 Å². The second kappa shape index (κ2) is 6.96. The van der Waals surface area contributed by atoms with Gasteiger partial charge in [0.05, 0.1) is 0 Å². The Labute approximate surface area is 109 Å². The zero-order valence-corrected chi connectivity index (χ0v) is 12.0. The van der Waals surface area contributed by atoms with Crippen LogP contribution in [0.3, 0.4) is 0 Å². The predicted octanol–water partition coefficient (Wildman–Crippen LogP) is 2.07. The molecule has 5 heteroatoms. The number of carbonyl (C=O) groups excluding carboxylic acids is 2. The highest BCUT2D eigenvalue weighted by atomic mass is 28.3. The summed E-state index contributed by atoms with van der Waals surface area (Å²) < 4.78 is 10.5. The van der Waals surface area contributed by atoms with Gasteiger partial charge in [0.15, 0.2) is 0 Å². The van der Waals surface area contributed by atoms with E-state index in [1.54, 1.807) is 0 Å². The van der Waals surface area contributed by atoms with Crippen LogP contribution in [-0.2, 0) is 18.4 Å². The zero-order chi connectivity index (χ0) is 13.5. The first-order valence-electron chi connectivity index (χ1n) is 5.94. The quantitative estimate of drug-likeness (QED) is 0.766. The summed E-state index contributed by atoms with van der Waals surface area (Å²) in [4.78, 5) is 22.2. The highest BCUT2D eigenvalue weighted by Gasteiger charge is 2.31.